The first-order chi connectivity index (χ1) is 9.76. The molecular formula is C15H21N3OS. The van der Waals surface area contributed by atoms with Crippen molar-refractivity contribution in [3.63, 3.8) is 0 Å². The molecule has 1 saturated heterocycles. The largest absolute Gasteiger partial charge is 0.493 e. The van der Waals surface area contributed by atoms with Crippen LogP contribution in [0.1, 0.15) is 11.1 Å². The Bertz CT molecular complexity index is 498. The standard InChI is InChI=1S/C15H21N3OS/c1-16-15(20)18-7-5-17(6-8-18)11-12-2-3-14-13(10-12)4-9-19-14/h2-3,10H,4-9,11H2,1H3,(H,16,20). The lowest BCUT2D eigenvalue weighted by atomic mass is 10.1. The molecule has 4 nitrogen and oxygen atoms in total. The van der Waals surface area contributed by atoms with E-state index in [4.69, 9.17) is 17.0 Å². The highest BCUT2D eigenvalue weighted by molar-refractivity contribution is 7.80. The van der Waals surface area contributed by atoms with Gasteiger partial charge in [0.25, 0.3) is 0 Å². The highest BCUT2D eigenvalue weighted by atomic mass is 32.1. The Hall–Kier alpha value is -1.33. The number of hydrogen-bond acceptors (Lipinski definition) is 3. The summed E-state index contributed by atoms with van der Waals surface area (Å²) in [6.07, 6.45) is 1.05. The van der Waals surface area contributed by atoms with Crippen molar-refractivity contribution < 1.29 is 4.74 Å². The highest BCUT2D eigenvalue weighted by Crippen LogP contribution is 2.26. The lowest BCUT2D eigenvalue weighted by molar-refractivity contribution is 0.175. The Labute approximate surface area is 125 Å². The zero-order chi connectivity index (χ0) is 13.9. The second-order valence-corrected chi connectivity index (χ2v) is 5.75. The van der Waals surface area contributed by atoms with E-state index >= 15 is 0 Å². The molecule has 0 saturated carbocycles. The third kappa shape index (κ3) is 2.88. The molecule has 2 heterocycles. The number of thiocarbonyl (C=S) groups is 1. The van der Waals surface area contributed by atoms with Crippen LogP contribution in [-0.2, 0) is 13.0 Å². The molecule has 2 aliphatic rings. The minimum absolute atomic E-state index is 0.832. The smallest absolute Gasteiger partial charge is 0.168 e. The molecule has 0 aromatic heterocycles. The molecule has 1 fully saturated rings. The third-order valence-electron chi connectivity index (χ3n) is 4.03. The molecule has 20 heavy (non-hydrogen) atoms. The van der Waals surface area contributed by atoms with Crippen molar-refractivity contribution in [1.82, 2.24) is 15.1 Å². The number of fused-ring (bicyclic) bond motifs is 1. The van der Waals surface area contributed by atoms with Gasteiger partial charge in [-0.2, -0.15) is 0 Å². The van der Waals surface area contributed by atoms with Crippen molar-refractivity contribution in [2.45, 2.75) is 13.0 Å². The van der Waals surface area contributed by atoms with E-state index in [1.165, 1.54) is 11.1 Å². The first-order valence-corrected chi connectivity index (χ1v) is 7.61. The van der Waals surface area contributed by atoms with Crippen molar-refractivity contribution in [3.8, 4) is 5.75 Å². The van der Waals surface area contributed by atoms with Gasteiger partial charge < -0.3 is 15.0 Å². The maximum atomic E-state index is 5.55. The Morgan fingerprint density at radius 2 is 2.10 bits per heavy atom. The molecule has 108 valence electrons. The van der Waals surface area contributed by atoms with Gasteiger partial charge in [0.15, 0.2) is 5.11 Å². The van der Waals surface area contributed by atoms with Gasteiger partial charge in [0.1, 0.15) is 5.75 Å². The van der Waals surface area contributed by atoms with Crippen LogP contribution in [0.4, 0.5) is 0 Å². The summed E-state index contributed by atoms with van der Waals surface area (Å²) in [7, 11) is 1.89. The van der Waals surface area contributed by atoms with Crippen LogP contribution in [0.15, 0.2) is 18.2 Å². The Balaban J connectivity index is 1.56. The molecule has 3 rings (SSSR count). The molecule has 0 unspecified atom stereocenters. The molecule has 1 N–H and O–H groups in total. The molecule has 0 radical (unpaired) electrons. The van der Waals surface area contributed by atoms with Crippen molar-refractivity contribution >= 4 is 17.3 Å². The summed E-state index contributed by atoms with van der Waals surface area (Å²) in [5, 5.41) is 3.91. The summed E-state index contributed by atoms with van der Waals surface area (Å²) in [6.45, 7) is 6.00. The summed E-state index contributed by atoms with van der Waals surface area (Å²) in [5.41, 5.74) is 2.75. The average molecular weight is 291 g/mol. The molecule has 5 heteroatoms. The normalized spacial score (nSPS) is 18.6. The predicted octanol–water partition coefficient (Wildman–Crippen LogP) is 1.24. The number of nitrogens with one attached hydrogen (secondary N) is 1. The van der Waals surface area contributed by atoms with E-state index < -0.39 is 0 Å². The lowest BCUT2D eigenvalue weighted by Gasteiger charge is -2.35. The van der Waals surface area contributed by atoms with Crippen molar-refractivity contribution in [2.24, 2.45) is 0 Å². The lowest BCUT2D eigenvalue weighted by Crippen LogP contribution is -2.50. The number of nitrogens with zero attached hydrogens (tertiary/aromatic N) is 2. The second kappa shape index (κ2) is 5.97. The summed E-state index contributed by atoms with van der Waals surface area (Å²) in [5.74, 6) is 1.07. The fraction of sp³-hybridized carbons (Fsp3) is 0.533. The summed E-state index contributed by atoms with van der Waals surface area (Å²) < 4.78 is 5.55. The average Bonchev–Trinajstić information content (AvgIpc) is 2.95. The van der Waals surface area contributed by atoms with E-state index in [9.17, 15) is 0 Å². The molecule has 0 aliphatic carbocycles. The predicted molar refractivity (Wildman–Crippen MR) is 84.1 cm³/mol. The molecule has 0 bridgehead atoms. The van der Waals surface area contributed by atoms with E-state index in [1.54, 1.807) is 0 Å². The zero-order valence-corrected chi connectivity index (χ0v) is 12.7. The van der Waals surface area contributed by atoms with Gasteiger partial charge in [-0.1, -0.05) is 12.1 Å². The Kier molecular flexibility index (Phi) is 4.08. The molecule has 1 aromatic rings. The number of piperazine rings is 1. The van der Waals surface area contributed by atoms with Crippen molar-refractivity contribution in [2.75, 3.05) is 39.8 Å². The SMILES string of the molecule is CNC(=S)N1CCN(Cc2ccc3c(c2)CCO3)CC1. The monoisotopic (exact) mass is 291 g/mol. The van der Waals surface area contributed by atoms with Crippen LogP contribution in [0, 0.1) is 0 Å². The third-order valence-corrected chi connectivity index (χ3v) is 4.50. The van der Waals surface area contributed by atoms with E-state index in [-0.39, 0.29) is 0 Å². The van der Waals surface area contributed by atoms with Gasteiger partial charge in [0.05, 0.1) is 6.61 Å². The van der Waals surface area contributed by atoms with Gasteiger partial charge in [0, 0.05) is 46.2 Å². The van der Waals surface area contributed by atoms with E-state index in [1.807, 2.05) is 7.05 Å². The molecule has 0 amide bonds. The van der Waals surface area contributed by atoms with Crippen LogP contribution < -0.4 is 10.1 Å². The number of benzene rings is 1. The van der Waals surface area contributed by atoms with Crippen LogP contribution in [0.3, 0.4) is 0 Å². The maximum Gasteiger partial charge on any atom is 0.168 e. The van der Waals surface area contributed by atoms with Crippen molar-refractivity contribution in [1.29, 1.82) is 0 Å². The van der Waals surface area contributed by atoms with Crippen LogP contribution in [-0.4, -0.2) is 54.7 Å². The van der Waals surface area contributed by atoms with Crippen LogP contribution >= 0.6 is 12.2 Å². The summed E-state index contributed by atoms with van der Waals surface area (Å²) in [6, 6.07) is 6.60. The maximum absolute atomic E-state index is 5.55. The van der Waals surface area contributed by atoms with Gasteiger partial charge in [-0.3, -0.25) is 4.90 Å². The van der Waals surface area contributed by atoms with E-state index in [0.717, 1.165) is 56.6 Å². The summed E-state index contributed by atoms with van der Waals surface area (Å²) in [4.78, 5) is 4.73. The van der Waals surface area contributed by atoms with Crippen molar-refractivity contribution in [3.05, 3.63) is 29.3 Å². The van der Waals surface area contributed by atoms with Gasteiger partial charge in [-0.25, -0.2) is 0 Å². The molecule has 2 aliphatic heterocycles. The minimum Gasteiger partial charge on any atom is -0.493 e. The fourth-order valence-electron chi connectivity index (χ4n) is 2.86. The van der Waals surface area contributed by atoms with Gasteiger partial charge >= 0.3 is 0 Å². The number of hydrogen-bond donors (Lipinski definition) is 1. The number of ether oxygens (including phenoxy) is 1. The van der Waals surface area contributed by atoms with Gasteiger partial charge in [0.2, 0.25) is 0 Å². The first-order valence-electron chi connectivity index (χ1n) is 7.20. The van der Waals surface area contributed by atoms with Crippen LogP contribution in [0.25, 0.3) is 0 Å². The second-order valence-electron chi connectivity index (χ2n) is 5.36. The molecule has 0 spiro atoms. The molecule has 1 aromatic carbocycles. The highest BCUT2D eigenvalue weighted by Gasteiger charge is 2.19. The summed E-state index contributed by atoms with van der Waals surface area (Å²) >= 11 is 5.28. The van der Waals surface area contributed by atoms with Crippen LogP contribution in [0.5, 0.6) is 5.75 Å². The van der Waals surface area contributed by atoms with Gasteiger partial charge in [-0.05, 0) is 29.4 Å². The Morgan fingerprint density at radius 1 is 1.30 bits per heavy atom. The number of rotatable bonds is 2. The first kappa shape index (κ1) is 13.6. The van der Waals surface area contributed by atoms with Gasteiger partial charge in [-0.15, -0.1) is 0 Å². The fourth-order valence-corrected chi connectivity index (χ4v) is 3.05. The van der Waals surface area contributed by atoms with E-state index in [2.05, 4.69) is 33.3 Å². The minimum atomic E-state index is 0.832. The molecular weight excluding hydrogens is 270 g/mol. The molecule has 0 atom stereocenters. The zero-order valence-electron chi connectivity index (χ0n) is 11.9. The quantitative estimate of drug-likeness (QED) is 0.828. The topological polar surface area (TPSA) is 27.7 Å². The van der Waals surface area contributed by atoms with Crippen LogP contribution in [0.2, 0.25) is 0 Å². The Morgan fingerprint density at radius 3 is 2.85 bits per heavy atom. The van der Waals surface area contributed by atoms with E-state index in [0.29, 0.717) is 0 Å².